The van der Waals surface area contributed by atoms with Gasteiger partial charge >= 0.3 is 0 Å². The summed E-state index contributed by atoms with van der Waals surface area (Å²) in [4.78, 5) is 5.43. The maximum atomic E-state index is 12.8. The van der Waals surface area contributed by atoms with E-state index in [9.17, 15) is 4.21 Å². The number of nitrogens with one attached hydrogen (secondary N) is 2. The van der Waals surface area contributed by atoms with Crippen LogP contribution in [0.3, 0.4) is 0 Å². The highest BCUT2D eigenvalue weighted by atomic mass is 35.5. The summed E-state index contributed by atoms with van der Waals surface area (Å²) in [7, 11) is 0.308. The van der Waals surface area contributed by atoms with Crippen molar-refractivity contribution >= 4 is 67.5 Å². The van der Waals surface area contributed by atoms with Gasteiger partial charge in [-0.05, 0) is 24.3 Å². The van der Waals surface area contributed by atoms with Gasteiger partial charge in [0.05, 0.1) is 11.4 Å². The Bertz CT molecular complexity index is 1110. The molecule has 0 bridgehead atoms. The van der Waals surface area contributed by atoms with Crippen LogP contribution in [-0.4, -0.2) is 16.2 Å². The van der Waals surface area contributed by atoms with Gasteiger partial charge in [0.2, 0.25) is 5.09 Å². The molecule has 0 aliphatic carbocycles. The van der Waals surface area contributed by atoms with Crippen LogP contribution in [0.15, 0.2) is 68.3 Å². The predicted molar refractivity (Wildman–Crippen MR) is 119 cm³/mol. The number of anilines is 2. The molecule has 0 radical (unpaired) electrons. The molecule has 0 aliphatic rings. The smallest absolute Gasteiger partial charge is 0.212 e. The lowest BCUT2D eigenvalue weighted by atomic mass is 10.3. The molecule has 2 aromatic heterocycles. The number of thioether (sulfide) groups is 1. The number of benzene rings is 2. The van der Waals surface area contributed by atoms with E-state index in [2.05, 4.69) is 15.0 Å². The van der Waals surface area contributed by atoms with E-state index in [4.69, 9.17) is 16.0 Å². The number of thiazole rings is 1. The molecule has 0 spiro atoms. The Morgan fingerprint density at radius 2 is 2.11 bits per heavy atom. The monoisotopic (exact) mass is 449 g/mol. The van der Waals surface area contributed by atoms with E-state index in [1.807, 2.05) is 48.8 Å². The molecule has 4 rings (SSSR count). The standard InChI is InChI=1S/C19H16ClN3O2S3/c1-21-19-22-14(11-27-19)10-26-17-7-6-13(20)9-15(17)23-28(24)18-8-12-4-2-3-5-16(12)25-18/h2-9,11,23H,10H2,1H3,(H,21,22). The summed E-state index contributed by atoms with van der Waals surface area (Å²) in [5, 5.41) is 7.80. The molecule has 2 N–H and O–H groups in total. The Kier molecular flexibility index (Phi) is 5.91. The van der Waals surface area contributed by atoms with Crippen molar-refractivity contribution in [2.45, 2.75) is 15.7 Å². The van der Waals surface area contributed by atoms with Gasteiger partial charge in [0.1, 0.15) is 5.58 Å². The van der Waals surface area contributed by atoms with Crippen molar-refractivity contribution in [2.24, 2.45) is 0 Å². The van der Waals surface area contributed by atoms with E-state index in [-0.39, 0.29) is 0 Å². The summed E-state index contributed by atoms with van der Waals surface area (Å²) in [5.41, 5.74) is 2.39. The largest absolute Gasteiger partial charge is 0.445 e. The summed E-state index contributed by atoms with van der Waals surface area (Å²) >= 11 is 9.33. The number of para-hydroxylation sites is 1. The zero-order valence-electron chi connectivity index (χ0n) is 14.8. The van der Waals surface area contributed by atoms with Crippen molar-refractivity contribution < 1.29 is 8.63 Å². The van der Waals surface area contributed by atoms with Crippen LogP contribution < -0.4 is 10.0 Å². The van der Waals surface area contributed by atoms with E-state index >= 15 is 0 Å². The lowest BCUT2D eigenvalue weighted by Gasteiger charge is -2.10. The van der Waals surface area contributed by atoms with Crippen molar-refractivity contribution in [2.75, 3.05) is 17.1 Å². The third kappa shape index (κ3) is 4.35. The quantitative estimate of drug-likeness (QED) is 0.338. The van der Waals surface area contributed by atoms with Gasteiger partial charge < -0.3 is 9.73 Å². The van der Waals surface area contributed by atoms with E-state index in [1.54, 1.807) is 35.2 Å². The minimum Gasteiger partial charge on any atom is -0.445 e. The number of aromatic nitrogens is 1. The third-order valence-corrected chi connectivity index (χ3v) is 7.09. The molecule has 2 heterocycles. The molecule has 144 valence electrons. The second kappa shape index (κ2) is 8.57. The maximum absolute atomic E-state index is 12.8. The van der Waals surface area contributed by atoms with Gasteiger partial charge in [-0.1, -0.05) is 29.8 Å². The minimum atomic E-state index is -1.54. The molecule has 5 nitrogen and oxygen atoms in total. The fourth-order valence-electron chi connectivity index (χ4n) is 2.55. The topological polar surface area (TPSA) is 67.2 Å². The van der Waals surface area contributed by atoms with E-state index < -0.39 is 11.0 Å². The van der Waals surface area contributed by atoms with Gasteiger partial charge in [-0.2, -0.15) is 0 Å². The average Bonchev–Trinajstić information content (AvgIpc) is 3.34. The van der Waals surface area contributed by atoms with Crippen molar-refractivity contribution in [1.82, 2.24) is 4.98 Å². The first-order chi connectivity index (χ1) is 13.6. The van der Waals surface area contributed by atoms with Crippen LogP contribution in [0.1, 0.15) is 5.69 Å². The normalized spacial score (nSPS) is 12.2. The van der Waals surface area contributed by atoms with E-state index in [0.29, 0.717) is 27.1 Å². The van der Waals surface area contributed by atoms with Crippen LogP contribution in [-0.2, 0) is 16.7 Å². The van der Waals surface area contributed by atoms with Gasteiger partial charge in [-0.25, -0.2) is 9.19 Å². The Hall–Kier alpha value is -2.00. The predicted octanol–water partition coefficient (Wildman–Crippen LogP) is 6.01. The highest BCUT2D eigenvalue weighted by molar-refractivity contribution is 7.98. The molecular formula is C19H16ClN3O2S3. The van der Waals surface area contributed by atoms with Gasteiger partial charge in [0.25, 0.3) is 0 Å². The summed E-state index contributed by atoms with van der Waals surface area (Å²) in [5.74, 6) is 0.700. The molecule has 4 aromatic rings. The number of halogens is 1. The van der Waals surface area contributed by atoms with Gasteiger partial charge in [-0.15, -0.1) is 23.1 Å². The number of hydrogen-bond donors (Lipinski definition) is 2. The molecular weight excluding hydrogens is 434 g/mol. The fraction of sp³-hybridized carbons (Fsp3) is 0.105. The lowest BCUT2D eigenvalue weighted by Crippen LogP contribution is -2.04. The summed E-state index contributed by atoms with van der Waals surface area (Å²) in [6.45, 7) is 0. The zero-order chi connectivity index (χ0) is 19.5. The summed E-state index contributed by atoms with van der Waals surface area (Å²) < 4.78 is 21.5. The molecule has 0 saturated heterocycles. The van der Waals surface area contributed by atoms with Gasteiger partial charge in [0.15, 0.2) is 16.1 Å². The highest BCUT2D eigenvalue weighted by Gasteiger charge is 2.14. The highest BCUT2D eigenvalue weighted by Crippen LogP contribution is 2.34. The van der Waals surface area contributed by atoms with Crippen molar-refractivity contribution in [3.8, 4) is 0 Å². The van der Waals surface area contributed by atoms with Crippen LogP contribution >= 0.6 is 34.7 Å². The number of rotatable bonds is 7. The molecule has 0 saturated carbocycles. The molecule has 28 heavy (non-hydrogen) atoms. The van der Waals surface area contributed by atoms with Crippen LogP contribution in [0.25, 0.3) is 11.0 Å². The van der Waals surface area contributed by atoms with Crippen molar-refractivity contribution in [3.63, 3.8) is 0 Å². The molecule has 0 fully saturated rings. The van der Waals surface area contributed by atoms with Crippen LogP contribution in [0.4, 0.5) is 10.8 Å². The average molecular weight is 450 g/mol. The Morgan fingerprint density at radius 3 is 2.89 bits per heavy atom. The number of furan rings is 1. The first-order valence-electron chi connectivity index (χ1n) is 8.34. The third-order valence-electron chi connectivity index (χ3n) is 3.87. The number of nitrogens with zero attached hydrogens (tertiary/aromatic N) is 1. The Balaban J connectivity index is 1.53. The fourth-order valence-corrected chi connectivity index (χ4v) is 5.31. The Morgan fingerprint density at radius 1 is 1.25 bits per heavy atom. The summed E-state index contributed by atoms with van der Waals surface area (Å²) in [6, 6.07) is 14.9. The van der Waals surface area contributed by atoms with Crippen LogP contribution in [0.5, 0.6) is 0 Å². The zero-order valence-corrected chi connectivity index (χ0v) is 18.0. The summed E-state index contributed by atoms with van der Waals surface area (Å²) in [6.07, 6.45) is 0. The van der Waals surface area contributed by atoms with Gasteiger partial charge in [0, 0.05) is 39.6 Å². The molecule has 9 heteroatoms. The number of hydrogen-bond acceptors (Lipinski definition) is 6. The van der Waals surface area contributed by atoms with E-state index in [0.717, 1.165) is 21.1 Å². The number of fused-ring (bicyclic) bond motifs is 1. The molecule has 0 amide bonds. The Labute approximate surface area is 178 Å². The molecule has 2 aromatic carbocycles. The van der Waals surface area contributed by atoms with Crippen LogP contribution in [0.2, 0.25) is 5.02 Å². The minimum absolute atomic E-state index is 0.371. The van der Waals surface area contributed by atoms with Crippen molar-refractivity contribution in [3.05, 3.63) is 64.6 Å². The first-order valence-corrected chi connectivity index (χ1v) is 11.7. The van der Waals surface area contributed by atoms with Crippen LogP contribution in [0, 0.1) is 0 Å². The molecule has 0 aliphatic heterocycles. The molecule has 1 unspecified atom stereocenters. The second-order valence-corrected chi connectivity index (χ2v) is 9.25. The first kappa shape index (κ1) is 19.3. The van der Waals surface area contributed by atoms with E-state index in [1.165, 1.54) is 0 Å². The molecule has 1 atom stereocenters. The van der Waals surface area contributed by atoms with Gasteiger partial charge in [-0.3, -0.25) is 4.72 Å². The van der Waals surface area contributed by atoms with Crippen molar-refractivity contribution in [1.29, 1.82) is 0 Å². The lowest BCUT2D eigenvalue weighted by molar-refractivity contribution is 0.504. The second-order valence-electron chi connectivity index (χ2n) is 5.80. The SMILES string of the molecule is CNc1nc(CSc2ccc(Cl)cc2NS(=O)c2cc3ccccc3o2)cs1. The maximum Gasteiger partial charge on any atom is 0.212 e.